The number of carbonyl (C=O) groups is 3. The van der Waals surface area contributed by atoms with Crippen molar-refractivity contribution >= 4 is 23.4 Å². The lowest BCUT2D eigenvalue weighted by molar-refractivity contribution is -0.140. The second kappa shape index (κ2) is 5.78. The van der Waals surface area contributed by atoms with Crippen LogP contribution >= 0.6 is 0 Å². The highest BCUT2D eigenvalue weighted by Gasteiger charge is 2.66. The van der Waals surface area contributed by atoms with E-state index in [0.29, 0.717) is 11.8 Å². The number of imide groups is 1. The molecular weight excluding hydrogens is 340 g/mol. The predicted octanol–water partition coefficient (Wildman–Crippen LogP) is 2.69. The number of allylic oxidation sites excluding steroid dienone is 2. The van der Waals surface area contributed by atoms with E-state index in [1.807, 2.05) is 32.0 Å². The molecule has 2 bridgehead atoms. The Morgan fingerprint density at radius 2 is 1.56 bits per heavy atom. The van der Waals surface area contributed by atoms with Gasteiger partial charge in [0.25, 0.3) is 0 Å². The maximum Gasteiger partial charge on any atom is 0.233 e. The molecule has 1 aromatic rings. The summed E-state index contributed by atoms with van der Waals surface area (Å²) in [6.07, 6.45) is 5.64. The molecule has 0 spiro atoms. The molecule has 6 atom stereocenters. The number of likely N-dealkylation sites (tertiary alicyclic amines) is 1. The molecule has 5 aliphatic rings. The Morgan fingerprint density at radius 3 is 2.11 bits per heavy atom. The molecule has 4 aliphatic carbocycles. The van der Waals surface area contributed by atoms with Crippen LogP contribution in [0.25, 0.3) is 0 Å². The Bertz CT molecular complexity index is 833. The first-order valence-electron chi connectivity index (χ1n) is 9.86. The lowest BCUT2D eigenvalue weighted by Crippen LogP contribution is -2.40. The monoisotopic (exact) mass is 364 g/mol. The molecule has 1 aromatic carbocycles. The van der Waals surface area contributed by atoms with Crippen molar-refractivity contribution in [3.63, 3.8) is 0 Å². The van der Waals surface area contributed by atoms with Gasteiger partial charge in [-0.3, -0.25) is 19.3 Å². The first-order chi connectivity index (χ1) is 12.9. The Balaban J connectivity index is 1.25. The van der Waals surface area contributed by atoms with E-state index in [1.54, 1.807) is 0 Å². The van der Waals surface area contributed by atoms with Gasteiger partial charge in [-0.25, -0.2) is 0 Å². The van der Waals surface area contributed by atoms with Gasteiger partial charge in [0, 0.05) is 18.7 Å². The quantitative estimate of drug-likeness (QED) is 0.660. The lowest BCUT2D eigenvalue weighted by Gasteiger charge is -2.37. The minimum atomic E-state index is -0.182. The molecule has 140 valence electrons. The third kappa shape index (κ3) is 2.55. The number of nitrogens with zero attached hydrogens (tertiary/aromatic N) is 1. The first kappa shape index (κ1) is 16.7. The molecule has 0 radical (unpaired) electrons. The molecule has 1 aliphatic heterocycles. The standard InChI is InChI=1S/C22H24N2O3/c1-11-7-12(2)9-13(8-11)23-18(25)5-6-24-21(26)19-14-3-4-15(17-10-16(14)17)20(19)22(24)27/h3-4,7-9,14-17,19-20H,5-6,10H2,1-2H3,(H,23,25)/t14-,15-,16-,17-,19+,20+/m1/s1. The van der Waals surface area contributed by atoms with Gasteiger partial charge >= 0.3 is 0 Å². The zero-order valence-electron chi connectivity index (χ0n) is 15.6. The molecular formula is C22H24N2O3. The van der Waals surface area contributed by atoms with Crippen LogP contribution in [0.4, 0.5) is 5.69 Å². The summed E-state index contributed by atoms with van der Waals surface area (Å²) in [4.78, 5) is 39.5. The fraction of sp³-hybridized carbons (Fsp3) is 0.500. The van der Waals surface area contributed by atoms with E-state index in [0.717, 1.165) is 23.2 Å². The highest BCUT2D eigenvalue weighted by Crippen LogP contribution is 2.65. The van der Waals surface area contributed by atoms with Gasteiger partial charge in [0.05, 0.1) is 11.8 Å². The Kier molecular flexibility index (Phi) is 3.58. The first-order valence-corrected chi connectivity index (χ1v) is 9.86. The average Bonchev–Trinajstić information content (AvgIpc) is 3.38. The number of amides is 3. The maximum atomic E-state index is 12.9. The van der Waals surface area contributed by atoms with Crippen molar-refractivity contribution in [2.24, 2.45) is 35.5 Å². The van der Waals surface area contributed by atoms with Crippen molar-refractivity contribution in [2.45, 2.75) is 26.7 Å². The number of rotatable bonds is 4. The fourth-order valence-electron chi connectivity index (χ4n) is 5.72. The van der Waals surface area contributed by atoms with Crippen molar-refractivity contribution < 1.29 is 14.4 Å². The molecule has 0 aromatic heterocycles. The highest BCUT2D eigenvalue weighted by atomic mass is 16.2. The minimum absolute atomic E-state index is 0.0612. The second-order valence-electron chi connectivity index (χ2n) is 8.66. The summed E-state index contributed by atoms with van der Waals surface area (Å²) in [6.45, 7) is 4.15. The zero-order chi connectivity index (χ0) is 18.9. The van der Waals surface area contributed by atoms with Crippen molar-refractivity contribution in [1.29, 1.82) is 0 Å². The summed E-state index contributed by atoms with van der Waals surface area (Å²) in [5, 5.41) is 2.88. The van der Waals surface area contributed by atoms with Crippen LogP contribution < -0.4 is 5.32 Å². The molecule has 0 unspecified atom stereocenters. The number of hydrogen-bond donors (Lipinski definition) is 1. The third-order valence-electron chi connectivity index (χ3n) is 6.82. The Hall–Kier alpha value is -2.43. The van der Waals surface area contributed by atoms with Gasteiger partial charge in [-0.2, -0.15) is 0 Å². The van der Waals surface area contributed by atoms with E-state index in [4.69, 9.17) is 0 Å². The van der Waals surface area contributed by atoms with Gasteiger partial charge in [0.15, 0.2) is 0 Å². The molecule has 3 fully saturated rings. The van der Waals surface area contributed by atoms with Crippen LogP contribution in [-0.2, 0) is 14.4 Å². The van der Waals surface area contributed by atoms with Crippen LogP contribution in [0.15, 0.2) is 30.4 Å². The SMILES string of the molecule is Cc1cc(C)cc(NC(=O)CCN2C(=O)[C@H]3[C@@H]4C=C[C@H]([C@H]5C[C@H]45)[C@@H]3C2=O)c1. The van der Waals surface area contributed by atoms with E-state index >= 15 is 0 Å². The molecule has 3 amide bonds. The fourth-order valence-corrected chi connectivity index (χ4v) is 5.72. The zero-order valence-corrected chi connectivity index (χ0v) is 15.6. The highest BCUT2D eigenvalue weighted by molar-refractivity contribution is 6.06. The smallest absolute Gasteiger partial charge is 0.233 e. The summed E-state index contributed by atoms with van der Waals surface area (Å²) >= 11 is 0. The topological polar surface area (TPSA) is 66.5 Å². The summed E-state index contributed by atoms with van der Waals surface area (Å²) in [7, 11) is 0. The van der Waals surface area contributed by atoms with E-state index in [9.17, 15) is 14.4 Å². The predicted molar refractivity (Wildman–Crippen MR) is 101 cm³/mol. The number of anilines is 1. The Labute approximate surface area is 158 Å². The summed E-state index contributed by atoms with van der Waals surface area (Å²) < 4.78 is 0. The van der Waals surface area contributed by atoms with Gasteiger partial charge in [-0.05, 0) is 67.2 Å². The molecule has 2 saturated carbocycles. The van der Waals surface area contributed by atoms with E-state index < -0.39 is 0 Å². The average molecular weight is 364 g/mol. The Morgan fingerprint density at radius 1 is 1.00 bits per heavy atom. The van der Waals surface area contributed by atoms with Crippen molar-refractivity contribution in [3.05, 3.63) is 41.5 Å². The number of hydrogen-bond acceptors (Lipinski definition) is 3. The van der Waals surface area contributed by atoms with Gasteiger partial charge < -0.3 is 5.32 Å². The number of carbonyl (C=O) groups excluding carboxylic acids is 3. The van der Waals surface area contributed by atoms with Crippen LogP contribution in [0.1, 0.15) is 24.0 Å². The van der Waals surface area contributed by atoms with Crippen molar-refractivity contribution in [1.82, 2.24) is 4.90 Å². The molecule has 27 heavy (non-hydrogen) atoms. The summed E-state index contributed by atoms with van der Waals surface area (Å²) in [6, 6.07) is 5.88. The van der Waals surface area contributed by atoms with E-state index in [-0.39, 0.29) is 54.4 Å². The summed E-state index contributed by atoms with van der Waals surface area (Å²) in [5.74, 6) is 1.02. The van der Waals surface area contributed by atoms with Crippen molar-refractivity contribution in [2.75, 3.05) is 11.9 Å². The molecule has 1 heterocycles. The van der Waals surface area contributed by atoms with Gasteiger partial charge in [-0.1, -0.05) is 18.2 Å². The molecule has 1 N–H and O–H groups in total. The number of aryl methyl sites for hydroxylation is 2. The van der Waals surface area contributed by atoms with Crippen LogP contribution in [0.2, 0.25) is 0 Å². The van der Waals surface area contributed by atoms with Crippen LogP contribution in [0.3, 0.4) is 0 Å². The third-order valence-corrected chi connectivity index (χ3v) is 6.82. The van der Waals surface area contributed by atoms with Crippen LogP contribution in [0, 0.1) is 49.4 Å². The molecule has 5 nitrogen and oxygen atoms in total. The number of benzene rings is 1. The number of nitrogens with one attached hydrogen (secondary N) is 1. The van der Waals surface area contributed by atoms with Gasteiger partial charge in [0.1, 0.15) is 0 Å². The molecule has 1 saturated heterocycles. The largest absolute Gasteiger partial charge is 0.326 e. The lowest BCUT2D eigenvalue weighted by atomic mass is 9.63. The molecule has 5 heteroatoms. The van der Waals surface area contributed by atoms with Gasteiger partial charge in [-0.15, -0.1) is 0 Å². The normalized spacial score (nSPS) is 35.3. The van der Waals surface area contributed by atoms with Crippen LogP contribution in [0.5, 0.6) is 0 Å². The molecule has 6 rings (SSSR count). The van der Waals surface area contributed by atoms with Gasteiger partial charge in [0.2, 0.25) is 17.7 Å². The maximum absolute atomic E-state index is 12.9. The van der Waals surface area contributed by atoms with E-state index in [1.165, 1.54) is 4.90 Å². The van der Waals surface area contributed by atoms with Crippen molar-refractivity contribution in [3.8, 4) is 0 Å². The second-order valence-corrected chi connectivity index (χ2v) is 8.66. The minimum Gasteiger partial charge on any atom is -0.326 e. The summed E-state index contributed by atoms with van der Waals surface area (Å²) in [5.41, 5.74) is 2.93. The van der Waals surface area contributed by atoms with E-state index in [2.05, 4.69) is 17.5 Å². The van der Waals surface area contributed by atoms with Crippen LogP contribution in [-0.4, -0.2) is 29.2 Å².